The summed E-state index contributed by atoms with van der Waals surface area (Å²) in [4.78, 5) is 35.0. The molecule has 7 heteroatoms. The average molecular weight is 403 g/mol. The molecule has 2 fully saturated rings. The Morgan fingerprint density at radius 1 is 1.10 bits per heavy atom. The van der Waals surface area contributed by atoms with Crippen LogP contribution in [0, 0.1) is 0 Å². The molecule has 1 unspecified atom stereocenters. The van der Waals surface area contributed by atoms with Crippen LogP contribution in [0.25, 0.3) is 6.08 Å². The van der Waals surface area contributed by atoms with Crippen LogP contribution in [0.15, 0.2) is 29.3 Å². The molecule has 1 spiro atoms. The van der Waals surface area contributed by atoms with Gasteiger partial charge in [-0.05, 0) is 49.5 Å². The van der Waals surface area contributed by atoms with Crippen molar-refractivity contribution in [2.24, 2.45) is 4.99 Å². The molecule has 3 aliphatic heterocycles. The van der Waals surface area contributed by atoms with Crippen molar-refractivity contribution in [1.82, 2.24) is 20.0 Å². The highest BCUT2D eigenvalue weighted by molar-refractivity contribution is 5.95. The maximum Gasteiger partial charge on any atom is 0.275 e. The van der Waals surface area contributed by atoms with Crippen LogP contribution in [0.1, 0.15) is 53.8 Å². The van der Waals surface area contributed by atoms with E-state index in [0.29, 0.717) is 25.2 Å². The van der Waals surface area contributed by atoms with Gasteiger partial charge in [0.25, 0.3) is 11.8 Å². The van der Waals surface area contributed by atoms with Gasteiger partial charge in [0.1, 0.15) is 6.04 Å². The molecule has 4 aliphatic rings. The summed E-state index contributed by atoms with van der Waals surface area (Å²) in [5, 5.41) is 9.35. The summed E-state index contributed by atoms with van der Waals surface area (Å²) in [5.74, 6) is 0.0246. The summed E-state index contributed by atoms with van der Waals surface area (Å²) in [6, 6.07) is 7.34. The van der Waals surface area contributed by atoms with Crippen LogP contribution in [0.2, 0.25) is 0 Å². The minimum atomic E-state index is -0.480. The number of carbonyl (C=O) groups excluding carboxylic acids is 2. The first kappa shape index (κ1) is 17.9. The van der Waals surface area contributed by atoms with E-state index in [2.05, 4.69) is 20.1 Å². The Kier molecular flexibility index (Phi) is 3.88. The number of carbonyl (C=O) groups is 2. The smallest absolute Gasteiger partial charge is 0.275 e. The van der Waals surface area contributed by atoms with Gasteiger partial charge in [0, 0.05) is 42.9 Å². The molecule has 0 bridgehead atoms. The van der Waals surface area contributed by atoms with E-state index in [1.165, 1.54) is 6.42 Å². The fourth-order valence-electron chi connectivity index (χ4n) is 5.28. The van der Waals surface area contributed by atoms with Crippen molar-refractivity contribution in [2.45, 2.75) is 56.7 Å². The van der Waals surface area contributed by atoms with Crippen molar-refractivity contribution in [3.63, 3.8) is 0 Å². The largest absolute Gasteiger partial charge is 0.336 e. The van der Waals surface area contributed by atoms with Crippen LogP contribution in [-0.4, -0.2) is 56.5 Å². The molecule has 1 atom stereocenters. The highest BCUT2D eigenvalue weighted by Crippen LogP contribution is 2.48. The number of hydrogen-bond donors (Lipinski definition) is 1. The Morgan fingerprint density at radius 3 is 2.80 bits per heavy atom. The number of likely N-dealkylation sites (tertiary alicyclic amines) is 1. The lowest BCUT2D eigenvalue weighted by atomic mass is 9.98. The van der Waals surface area contributed by atoms with Gasteiger partial charge in [-0.3, -0.25) is 19.7 Å². The molecule has 30 heavy (non-hydrogen) atoms. The molecule has 1 saturated heterocycles. The molecular weight excluding hydrogens is 378 g/mol. The molecular formula is C23H25N5O2. The zero-order valence-corrected chi connectivity index (χ0v) is 16.9. The highest BCUT2D eigenvalue weighted by atomic mass is 16.2. The van der Waals surface area contributed by atoms with Crippen molar-refractivity contribution >= 4 is 17.9 Å². The van der Waals surface area contributed by atoms with E-state index in [0.717, 1.165) is 54.1 Å². The maximum absolute atomic E-state index is 13.4. The molecule has 1 aromatic heterocycles. The Balaban J connectivity index is 1.25. The number of para-hydroxylation sites is 1. The number of amides is 2. The number of piperidine rings is 1. The Bertz CT molecular complexity index is 1130. The zero-order valence-electron chi connectivity index (χ0n) is 16.9. The number of rotatable bonds is 2. The summed E-state index contributed by atoms with van der Waals surface area (Å²) < 4.78 is 0. The van der Waals surface area contributed by atoms with Gasteiger partial charge < -0.3 is 9.80 Å². The van der Waals surface area contributed by atoms with E-state index < -0.39 is 6.04 Å². The predicted molar refractivity (Wildman–Crippen MR) is 110 cm³/mol. The fraction of sp³-hybridized carbons (Fsp3) is 0.478. The summed E-state index contributed by atoms with van der Waals surface area (Å²) in [7, 11) is 0. The normalized spacial score (nSPS) is 23.4. The fourth-order valence-corrected chi connectivity index (χ4v) is 5.28. The van der Waals surface area contributed by atoms with E-state index in [-0.39, 0.29) is 17.4 Å². The number of nitrogens with one attached hydrogen (secondary N) is 1. The maximum atomic E-state index is 13.4. The third kappa shape index (κ3) is 2.71. The number of aromatic amines is 1. The van der Waals surface area contributed by atoms with E-state index in [1.807, 2.05) is 35.2 Å². The van der Waals surface area contributed by atoms with Gasteiger partial charge in [-0.25, -0.2) is 0 Å². The summed E-state index contributed by atoms with van der Waals surface area (Å²) in [6.45, 7) is 1.85. The summed E-state index contributed by atoms with van der Waals surface area (Å²) in [6.07, 6.45) is 8.20. The van der Waals surface area contributed by atoms with Crippen LogP contribution in [0.4, 0.5) is 0 Å². The minimum absolute atomic E-state index is 0.00640. The standard InChI is InChI=1S/C23H25N5O2/c29-21(19-13-15-5-1-2-6-17(15)24-19)27-12-7-18-16(14-27)20(26-25-18)22(30)28-11-4-3-8-23(28)9-10-23/h1-2,5-6,13,19H,3-4,7-12,14H2,(H,25,26). The first-order valence-corrected chi connectivity index (χ1v) is 11.0. The monoisotopic (exact) mass is 403 g/mol. The molecule has 6 rings (SSSR count). The number of aromatic nitrogens is 2. The van der Waals surface area contributed by atoms with Crippen LogP contribution < -0.4 is 10.6 Å². The molecule has 1 saturated carbocycles. The van der Waals surface area contributed by atoms with Crippen LogP contribution in [0.3, 0.4) is 0 Å². The highest BCUT2D eigenvalue weighted by Gasteiger charge is 2.51. The molecule has 2 aromatic rings. The number of benzene rings is 1. The predicted octanol–water partition coefficient (Wildman–Crippen LogP) is 0.936. The van der Waals surface area contributed by atoms with E-state index >= 15 is 0 Å². The van der Waals surface area contributed by atoms with Gasteiger partial charge in [-0.15, -0.1) is 0 Å². The second-order valence-corrected chi connectivity index (χ2v) is 8.98. The van der Waals surface area contributed by atoms with Crippen LogP contribution in [-0.2, 0) is 17.8 Å². The van der Waals surface area contributed by atoms with Crippen molar-refractivity contribution in [1.29, 1.82) is 0 Å². The van der Waals surface area contributed by atoms with Gasteiger partial charge in [-0.2, -0.15) is 5.10 Å². The van der Waals surface area contributed by atoms with Gasteiger partial charge in [0.05, 0.1) is 5.36 Å². The molecule has 1 aromatic carbocycles. The Morgan fingerprint density at radius 2 is 1.97 bits per heavy atom. The van der Waals surface area contributed by atoms with Crippen molar-refractivity contribution in [3.05, 3.63) is 51.8 Å². The number of fused-ring (bicyclic) bond motifs is 2. The van der Waals surface area contributed by atoms with Crippen molar-refractivity contribution < 1.29 is 9.59 Å². The zero-order chi connectivity index (χ0) is 20.3. The third-order valence-electron chi connectivity index (χ3n) is 7.17. The first-order chi connectivity index (χ1) is 14.6. The Hall–Kier alpha value is -2.96. The lowest BCUT2D eigenvalue weighted by molar-refractivity contribution is -0.132. The Labute approximate surface area is 174 Å². The van der Waals surface area contributed by atoms with Gasteiger partial charge >= 0.3 is 0 Å². The SMILES string of the molecule is O=C(C1C=c2ccccc2=N1)N1CCc2[nH]nc(C(=O)N3CCCCC34CC4)c2C1. The third-order valence-corrected chi connectivity index (χ3v) is 7.17. The van der Waals surface area contributed by atoms with Gasteiger partial charge in [0.15, 0.2) is 5.69 Å². The lowest BCUT2D eigenvalue weighted by Crippen LogP contribution is -2.46. The van der Waals surface area contributed by atoms with E-state index in [9.17, 15) is 9.59 Å². The quantitative estimate of drug-likeness (QED) is 0.810. The second kappa shape index (κ2) is 6.52. The number of H-pyrrole nitrogens is 1. The first-order valence-electron chi connectivity index (χ1n) is 11.0. The minimum Gasteiger partial charge on any atom is -0.336 e. The second-order valence-electron chi connectivity index (χ2n) is 8.98. The number of nitrogens with zero attached hydrogens (tertiary/aromatic N) is 4. The average Bonchev–Trinajstić information content (AvgIpc) is 3.23. The summed E-state index contributed by atoms with van der Waals surface area (Å²) >= 11 is 0. The molecule has 7 nitrogen and oxygen atoms in total. The van der Waals surface area contributed by atoms with E-state index in [1.54, 1.807) is 0 Å². The van der Waals surface area contributed by atoms with E-state index in [4.69, 9.17) is 0 Å². The van der Waals surface area contributed by atoms with Gasteiger partial charge in [-0.1, -0.05) is 18.2 Å². The molecule has 1 N–H and O–H groups in total. The molecule has 2 amide bonds. The molecule has 1 aliphatic carbocycles. The molecule has 154 valence electrons. The molecule has 4 heterocycles. The van der Waals surface area contributed by atoms with Crippen LogP contribution in [0.5, 0.6) is 0 Å². The lowest BCUT2D eigenvalue weighted by Gasteiger charge is -2.36. The molecule has 0 radical (unpaired) electrons. The summed E-state index contributed by atoms with van der Waals surface area (Å²) in [5.41, 5.74) is 2.46. The van der Waals surface area contributed by atoms with Gasteiger partial charge in [0.2, 0.25) is 0 Å². The number of hydrogen-bond acceptors (Lipinski definition) is 4. The van der Waals surface area contributed by atoms with Crippen molar-refractivity contribution in [3.8, 4) is 0 Å². The topological polar surface area (TPSA) is 81.7 Å². The van der Waals surface area contributed by atoms with Crippen LogP contribution >= 0.6 is 0 Å². The van der Waals surface area contributed by atoms with Crippen molar-refractivity contribution in [2.75, 3.05) is 13.1 Å².